The molecule has 0 N–H and O–H groups in total. The first-order valence-electron chi connectivity index (χ1n) is 9.79. The summed E-state index contributed by atoms with van der Waals surface area (Å²) >= 11 is 0. The quantitative estimate of drug-likeness (QED) is 0.795. The van der Waals surface area contributed by atoms with Crippen molar-refractivity contribution in [3.8, 4) is 0 Å². The summed E-state index contributed by atoms with van der Waals surface area (Å²) < 4.78 is 19.1. The molecule has 1 aliphatic heterocycles. The first kappa shape index (κ1) is 19.6. The minimum absolute atomic E-state index is 0.0488. The lowest BCUT2D eigenvalue weighted by Gasteiger charge is -2.38. The Hall–Kier alpha value is -2.11. The molecule has 2 aliphatic rings. The Morgan fingerprint density at radius 2 is 1.96 bits per heavy atom. The standard InChI is InChI=1S/C21H29FN2O3/c1-21(2,3)27-20(26)23-12-5-4-9-18(23)19(25)24(17-10-11-17)14-15-7-6-8-16(22)13-15/h6-8,13,17-18H,4-5,9-12,14H2,1-3H3/t18-/m0/s1. The highest BCUT2D eigenvalue weighted by Gasteiger charge is 2.41. The van der Waals surface area contributed by atoms with Gasteiger partial charge in [-0.05, 0) is 70.6 Å². The maximum absolute atomic E-state index is 13.5. The van der Waals surface area contributed by atoms with Gasteiger partial charge in [-0.2, -0.15) is 0 Å². The molecule has 1 aromatic rings. The number of halogens is 1. The van der Waals surface area contributed by atoms with Crippen LogP contribution in [0.3, 0.4) is 0 Å². The van der Waals surface area contributed by atoms with E-state index in [0.717, 1.165) is 31.2 Å². The van der Waals surface area contributed by atoms with Crippen LogP contribution in [0.5, 0.6) is 0 Å². The largest absolute Gasteiger partial charge is 0.444 e. The predicted molar refractivity (Wildman–Crippen MR) is 101 cm³/mol. The second-order valence-corrected chi connectivity index (χ2v) is 8.51. The number of hydrogen-bond donors (Lipinski definition) is 0. The summed E-state index contributed by atoms with van der Waals surface area (Å²) in [5.74, 6) is -0.351. The average molecular weight is 376 g/mol. The van der Waals surface area contributed by atoms with E-state index in [2.05, 4.69) is 0 Å². The monoisotopic (exact) mass is 376 g/mol. The number of rotatable bonds is 4. The van der Waals surface area contributed by atoms with Crippen molar-refractivity contribution in [3.05, 3.63) is 35.6 Å². The molecule has 0 aromatic heterocycles. The van der Waals surface area contributed by atoms with Gasteiger partial charge in [0.1, 0.15) is 17.5 Å². The van der Waals surface area contributed by atoms with Gasteiger partial charge in [0.15, 0.2) is 0 Å². The number of hydrogen-bond acceptors (Lipinski definition) is 3. The molecule has 1 aromatic carbocycles. The van der Waals surface area contributed by atoms with Crippen LogP contribution in [0.15, 0.2) is 24.3 Å². The van der Waals surface area contributed by atoms with Gasteiger partial charge in [-0.25, -0.2) is 9.18 Å². The van der Waals surface area contributed by atoms with Crippen LogP contribution < -0.4 is 0 Å². The third-order valence-electron chi connectivity index (χ3n) is 4.93. The molecule has 0 spiro atoms. The Balaban J connectivity index is 1.76. The van der Waals surface area contributed by atoms with Crippen LogP contribution in [0, 0.1) is 5.82 Å². The molecule has 1 heterocycles. The highest BCUT2D eigenvalue weighted by molar-refractivity contribution is 5.86. The summed E-state index contributed by atoms with van der Waals surface area (Å²) in [7, 11) is 0. The van der Waals surface area contributed by atoms with Gasteiger partial charge >= 0.3 is 6.09 Å². The first-order valence-corrected chi connectivity index (χ1v) is 9.79. The van der Waals surface area contributed by atoms with E-state index in [1.807, 2.05) is 31.7 Å². The van der Waals surface area contributed by atoms with Gasteiger partial charge in [0.25, 0.3) is 0 Å². The number of carbonyl (C=O) groups excluding carboxylic acids is 2. The van der Waals surface area contributed by atoms with E-state index < -0.39 is 17.7 Å². The zero-order valence-corrected chi connectivity index (χ0v) is 16.4. The fraction of sp³-hybridized carbons (Fsp3) is 0.619. The van der Waals surface area contributed by atoms with Crippen molar-refractivity contribution in [3.63, 3.8) is 0 Å². The van der Waals surface area contributed by atoms with Crippen LogP contribution >= 0.6 is 0 Å². The van der Waals surface area contributed by atoms with Gasteiger partial charge in [0.2, 0.25) is 5.91 Å². The minimum atomic E-state index is -0.597. The molecular formula is C21H29FN2O3. The van der Waals surface area contributed by atoms with E-state index in [1.165, 1.54) is 12.1 Å². The van der Waals surface area contributed by atoms with Gasteiger partial charge in [-0.3, -0.25) is 9.69 Å². The average Bonchev–Trinajstić information content (AvgIpc) is 3.42. The van der Waals surface area contributed by atoms with Crippen molar-refractivity contribution < 1.29 is 18.7 Å². The number of nitrogens with zero attached hydrogens (tertiary/aromatic N) is 2. The van der Waals surface area contributed by atoms with Gasteiger partial charge < -0.3 is 9.64 Å². The second kappa shape index (κ2) is 7.87. The SMILES string of the molecule is CC(C)(C)OC(=O)N1CCCC[C@H]1C(=O)N(Cc1cccc(F)c1)C1CC1. The van der Waals surface area contributed by atoms with E-state index in [1.54, 1.807) is 11.0 Å². The Bertz CT molecular complexity index is 697. The summed E-state index contributed by atoms with van der Waals surface area (Å²) in [6.07, 6.45) is 3.91. The van der Waals surface area contributed by atoms with E-state index >= 15 is 0 Å². The number of piperidine rings is 1. The summed E-state index contributed by atoms with van der Waals surface area (Å²) in [5.41, 5.74) is 0.176. The second-order valence-electron chi connectivity index (χ2n) is 8.51. The van der Waals surface area contributed by atoms with Gasteiger partial charge in [0.05, 0.1) is 0 Å². The van der Waals surface area contributed by atoms with Crippen molar-refractivity contribution in [1.82, 2.24) is 9.80 Å². The van der Waals surface area contributed by atoms with Crippen molar-refractivity contribution in [2.45, 2.75) is 77.1 Å². The fourth-order valence-electron chi connectivity index (χ4n) is 3.52. The summed E-state index contributed by atoms with van der Waals surface area (Å²) in [5, 5.41) is 0. The lowest BCUT2D eigenvalue weighted by atomic mass is 10.0. The van der Waals surface area contributed by atoms with E-state index in [-0.39, 0.29) is 17.8 Å². The van der Waals surface area contributed by atoms with Crippen LogP contribution in [-0.4, -0.2) is 46.0 Å². The van der Waals surface area contributed by atoms with Gasteiger partial charge in [-0.15, -0.1) is 0 Å². The van der Waals surface area contributed by atoms with Crippen LogP contribution in [0.4, 0.5) is 9.18 Å². The molecule has 5 nitrogen and oxygen atoms in total. The molecule has 0 unspecified atom stereocenters. The molecule has 6 heteroatoms. The molecule has 1 atom stereocenters. The third-order valence-corrected chi connectivity index (χ3v) is 4.93. The van der Waals surface area contributed by atoms with Crippen LogP contribution in [-0.2, 0) is 16.1 Å². The molecule has 0 bridgehead atoms. The molecular weight excluding hydrogens is 347 g/mol. The number of amides is 2. The summed E-state index contributed by atoms with van der Waals surface area (Å²) in [4.78, 5) is 29.4. The lowest BCUT2D eigenvalue weighted by molar-refractivity contribution is -0.139. The molecule has 1 saturated heterocycles. The molecule has 2 amide bonds. The van der Waals surface area contributed by atoms with Crippen LogP contribution in [0.25, 0.3) is 0 Å². The van der Waals surface area contributed by atoms with Crippen molar-refractivity contribution in [2.75, 3.05) is 6.54 Å². The molecule has 2 fully saturated rings. The molecule has 1 aliphatic carbocycles. The number of benzene rings is 1. The maximum Gasteiger partial charge on any atom is 0.410 e. The smallest absolute Gasteiger partial charge is 0.410 e. The van der Waals surface area contributed by atoms with Gasteiger partial charge in [0, 0.05) is 19.1 Å². The van der Waals surface area contributed by atoms with E-state index in [9.17, 15) is 14.0 Å². The van der Waals surface area contributed by atoms with E-state index in [4.69, 9.17) is 4.74 Å². The van der Waals surface area contributed by atoms with Crippen molar-refractivity contribution >= 4 is 12.0 Å². The topological polar surface area (TPSA) is 49.9 Å². The van der Waals surface area contributed by atoms with E-state index in [0.29, 0.717) is 19.5 Å². The van der Waals surface area contributed by atoms with Crippen molar-refractivity contribution in [2.24, 2.45) is 0 Å². The number of ether oxygens (including phenoxy) is 1. The zero-order chi connectivity index (χ0) is 19.6. The molecule has 3 rings (SSSR count). The first-order chi connectivity index (χ1) is 12.7. The molecule has 27 heavy (non-hydrogen) atoms. The lowest BCUT2D eigenvalue weighted by Crippen LogP contribution is -2.54. The van der Waals surface area contributed by atoms with Crippen LogP contribution in [0.2, 0.25) is 0 Å². The van der Waals surface area contributed by atoms with Crippen molar-refractivity contribution in [1.29, 1.82) is 0 Å². The molecule has 0 radical (unpaired) electrons. The Morgan fingerprint density at radius 1 is 1.22 bits per heavy atom. The Morgan fingerprint density at radius 3 is 2.59 bits per heavy atom. The third kappa shape index (κ3) is 5.21. The maximum atomic E-state index is 13.5. The Kier molecular flexibility index (Phi) is 5.72. The predicted octanol–water partition coefficient (Wildman–Crippen LogP) is 4.11. The van der Waals surface area contributed by atoms with Crippen LogP contribution in [0.1, 0.15) is 58.4 Å². The normalized spacial score (nSPS) is 20.3. The molecule has 1 saturated carbocycles. The highest BCUT2D eigenvalue weighted by atomic mass is 19.1. The minimum Gasteiger partial charge on any atom is -0.444 e. The summed E-state index contributed by atoms with van der Waals surface area (Å²) in [6.45, 7) is 6.38. The number of likely N-dealkylation sites (tertiary alicyclic amines) is 1. The Labute approximate surface area is 160 Å². The zero-order valence-electron chi connectivity index (χ0n) is 16.4. The fourth-order valence-corrected chi connectivity index (χ4v) is 3.52. The molecule has 148 valence electrons. The summed E-state index contributed by atoms with van der Waals surface area (Å²) in [6, 6.07) is 6.05. The van der Waals surface area contributed by atoms with Gasteiger partial charge in [-0.1, -0.05) is 12.1 Å². The number of carbonyl (C=O) groups is 2. The highest BCUT2D eigenvalue weighted by Crippen LogP contribution is 2.31.